The zero-order valence-corrected chi connectivity index (χ0v) is 14.3. The highest BCUT2D eigenvalue weighted by Crippen LogP contribution is 2.36. The summed E-state index contributed by atoms with van der Waals surface area (Å²) in [4.78, 5) is 13.1. The molecule has 1 aliphatic rings. The van der Waals surface area contributed by atoms with E-state index >= 15 is 0 Å². The summed E-state index contributed by atoms with van der Waals surface area (Å²) in [6, 6.07) is 21.0. The largest absolute Gasteiger partial charge is 0.317 e. The van der Waals surface area contributed by atoms with Gasteiger partial charge >= 0.3 is 0 Å². The van der Waals surface area contributed by atoms with E-state index < -0.39 is 0 Å². The molecule has 0 saturated carbocycles. The van der Waals surface area contributed by atoms with Crippen molar-refractivity contribution < 1.29 is 4.79 Å². The first-order valence-corrected chi connectivity index (χ1v) is 9.15. The molecule has 2 nitrogen and oxygen atoms in total. The molecule has 0 aromatic heterocycles. The van der Waals surface area contributed by atoms with Crippen LogP contribution in [0.2, 0.25) is 0 Å². The van der Waals surface area contributed by atoms with Crippen molar-refractivity contribution in [2.45, 2.75) is 43.9 Å². The molecule has 0 unspecified atom stereocenters. The Hall–Kier alpha value is -1.93. The minimum Gasteiger partial charge on any atom is -0.317 e. The van der Waals surface area contributed by atoms with Crippen LogP contribution >= 0.6 is 0 Å². The maximum atomic E-state index is 13.1. The minimum atomic E-state index is -0.265. The van der Waals surface area contributed by atoms with Crippen molar-refractivity contribution in [3.05, 3.63) is 71.8 Å². The Kier molecular flexibility index (Phi) is 5.81. The highest BCUT2D eigenvalue weighted by atomic mass is 16.1. The summed E-state index contributed by atoms with van der Waals surface area (Å²) < 4.78 is 0. The molecule has 2 aromatic carbocycles. The lowest BCUT2D eigenvalue weighted by Crippen LogP contribution is -2.45. The van der Waals surface area contributed by atoms with Crippen molar-refractivity contribution >= 4 is 5.78 Å². The van der Waals surface area contributed by atoms with Crippen molar-refractivity contribution in [2.24, 2.45) is 0 Å². The van der Waals surface area contributed by atoms with Gasteiger partial charge in [0.15, 0.2) is 0 Å². The molecule has 1 fully saturated rings. The fourth-order valence-electron chi connectivity index (χ4n) is 3.84. The van der Waals surface area contributed by atoms with Gasteiger partial charge in [0.25, 0.3) is 0 Å². The predicted octanol–water partition coefficient (Wildman–Crippen LogP) is 4.29. The fourth-order valence-corrected chi connectivity index (χ4v) is 3.84. The fraction of sp³-hybridized carbons (Fsp3) is 0.409. The average Bonchev–Trinajstić information content (AvgIpc) is 2.67. The molecule has 0 aliphatic carbocycles. The maximum absolute atomic E-state index is 13.1. The highest BCUT2D eigenvalue weighted by Gasteiger charge is 2.39. The molecule has 0 amide bonds. The molecule has 1 aliphatic heterocycles. The lowest BCUT2D eigenvalue weighted by atomic mass is 9.69. The van der Waals surface area contributed by atoms with Gasteiger partial charge in [0.05, 0.1) is 5.41 Å². The summed E-state index contributed by atoms with van der Waals surface area (Å²) in [5.41, 5.74) is 2.31. The zero-order valence-electron chi connectivity index (χ0n) is 14.3. The number of Topliss-reactive ketones (excluding diaryl/α,β-unsaturated/α-hetero) is 1. The number of carbonyl (C=O) groups excluding carboxylic acids is 1. The van der Waals surface area contributed by atoms with Gasteiger partial charge in [0.2, 0.25) is 0 Å². The van der Waals surface area contributed by atoms with Crippen LogP contribution in [-0.4, -0.2) is 18.9 Å². The first-order chi connectivity index (χ1) is 11.8. The van der Waals surface area contributed by atoms with Gasteiger partial charge < -0.3 is 5.32 Å². The molecule has 1 heterocycles. The van der Waals surface area contributed by atoms with Crippen molar-refractivity contribution in [1.29, 1.82) is 0 Å². The number of nitrogens with one attached hydrogen (secondary N) is 1. The van der Waals surface area contributed by atoms with Gasteiger partial charge in [-0.2, -0.15) is 0 Å². The molecule has 3 rings (SSSR count). The second-order valence-corrected chi connectivity index (χ2v) is 6.81. The molecule has 1 saturated heterocycles. The maximum Gasteiger partial charge on any atom is 0.143 e. The number of unbranched alkanes of at least 4 members (excludes halogenated alkanes) is 1. The number of hydrogen-bond acceptors (Lipinski definition) is 2. The summed E-state index contributed by atoms with van der Waals surface area (Å²) in [5, 5.41) is 3.40. The molecular formula is C22H27NO. The predicted molar refractivity (Wildman–Crippen MR) is 99.2 cm³/mol. The van der Waals surface area contributed by atoms with E-state index in [0.717, 1.165) is 45.2 Å². The number of rotatable bonds is 7. The summed E-state index contributed by atoms with van der Waals surface area (Å²) >= 11 is 0. The third-order valence-electron chi connectivity index (χ3n) is 5.28. The molecule has 126 valence electrons. The Morgan fingerprint density at radius 1 is 0.875 bits per heavy atom. The number of hydrogen-bond donors (Lipinski definition) is 1. The number of ketones is 1. The molecule has 24 heavy (non-hydrogen) atoms. The van der Waals surface area contributed by atoms with E-state index in [1.165, 1.54) is 11.1 Å². The monoisotopic (exact) mass is 321 g/mol. The van der Waals surface area contributed by atoms with Crippen LogP contribution in [0.1, 0.15) is 43.2 Å². The minimum absolute atomic E-state index is 0.265. The molecular weight excluding hydrogens is 294 g/mol. The smallest absolute Gasteiger partial charge is 0.143 e. The Bertz CT molecular complexity index is 630. The van der Waals surface area contributed by atoms with Gasteiger partial charge in [-0.25, -0.2) is 0 Å². The second kappa shape index (κ2) is 8.25. The molecule has 2 heteroatoms. The topological polar surface area (TPSA) is 29.1 Å². The van der Waals surface area contributed by atoms with Crippen LogP contribution in [-0.2, 0) is 16.6 Å². The van der Waals surface area contributed by atoms with E-state index in [0.29, 0.717) is 12.2 Å². The van der Waals surface area contributed by atoms with E-state index in [1.807, 2.05) is 12.1 Å². The lowest BCUT2D eigenvalue weighted by molar-refractivity contribution is -0.125. The Morgan fingerprint density at radius 2 is 1.50 bits per heavy atom. The van der Waals surface area contributed by atoms with Gasteiger partial charge in [-0.3, -0.25) is 4.79 Å². The van der Waals surface area contributed by atoms with Crippen LogP contribution in [0, 0.1) is 0 Å². The Morgan fingerprint density at radius 3 is 2.17 bits per heavy atom. The summed E-state index contributed by atoms with van der Waals surface area (Å²) in [6.45, 7) is 1.87. The van der Waals surface area contributed by atoms with E-state index in [4.69, 9.17) is 0 Å². The van der Waals surface area contributed by atoms with Gasteiger partial charge in [0.1, 0.15) is 5.78 Å². The van der Waals surface area contributed by atoms with Crippen molar-refractivity contribution in [2.75, 3.05) is 13.1 Å². The first-order valence-electron chi connectivity index (χ1n) is 9.15. The number of benzene rings is 2. The van der Waals surface area contributed by atoms with Crippen LogP contribution < -0.4 is 5.32 Å². The molecule has 0 bridgehead atoms. The van der Waals surface area contributed by atoms with Gasteiger partial charge in [-0.1, -0.05) is 60.7 Å². The van der Waals surface area contributed by atoms with E-state index in [9.17, 15) is 4.79 Å². The van der Waals surface area contributed by atoms with E-state index in [1.54, 1.807) is 0 Å². The van der Waals surface area contributed by atoms with E-state index in [-0.39, 0.29) is 5.41 Å². The lowest BCUT2D eigenvalue weighted by Gasteiger charge is -2.37. The van der Waals surface area contributed by atoms with Crippen LogP contribution in [0.5, 0.6) is 0 Å². The highest BCUT2D eigenvalue weighted by molar-refractivity contribution is 5.90. The summed E-state index contributed by atoms with van der Waals surface area (Å²) in [5.74, 6) is 0.434. The normalized spacial score (nSPS) is 16.7. The SMILES string of the molecule is O=C(CCCCc1ccccc1)C1(c2ccccc2)CCNCC1. The number of aryl methyl sites for hydroxylation is 1. The van der Waals surface area contributed by atoms with Crippen LogP contribution in [0.4, 0.5) is 0 Å². The van der Waals surface area contributed by atoms with Crippen LogP contribution in [0.3, 0.4) is 0 Å². The third-order valence-corrected chi connectivity index (χ3v) is 5.28. The average molecular weight is 321 g/mol. The van der Waals surface area contributed by atoms with Crippen LogP contribution in [0.15, 0.2) is 60.7 Å². The number of piperidine rings is 1. The molecule has 2 aromatic rings. The summed E-state index contributed by atoms with van der Waals surface area (Å²) in [7, 11) is 0. The number of carbonyl (C=O) groups is 1. The van der Waals surface area contributed by atoms with Gasteiger partial charge in [-0.05, 0) is 56.3 Å². The summed E-state index contributed by atoms with van der Waals surface area (Å²) in [6.07, 6.45) is 5.67. The molecule has 0 atom stereocenters. The Balaban J connectivity index is 1.60. The van der Waals surface area contributed by atoms with Gasteiger partial charge in [-0.15, -0.1) is 0 Å². The van der Waals surface area contributed by atoms with Crippen molar-refractivity contribution in [1.82, 2.24) is 5.32 Å². The third kappa shape index (κ3) is 3.93. The zero-order chi connectivity index (χ0) is 16.7. The standard InChI is InChI=1S/C22H27NO/c24-21(14-8-7-11-19-9-3-1-4-10-19)22(15-17-23-18-16-22)20-12-5-2-6-13-20/h1-6,9-10,12-13,23H,7-8,11,14-18H2. The van der Waals surface area contributed by atoms with Crippen molar-refractivity contribution in [3.8, 4) is 0 Å². The quantitative estimate of drug-likeness (QED) is 0.771. The molecule has 0 radical (unpaired) electrons. The van der Waals surface area contributed by atoms with E-state index in [2.05, 4.69) is 53.8 Å². The Labute approximate surface area is 145 Å². The molecule has 1 N–H and O–H groups in total. The van der Waals surface area contributed by atoms with Crippen molar-refractivity contribution in [3.63, 3.8) is 0 Å². The van der Waals surface area contributed by atoms with Gasteiger partial charge in [0, 0.05) is 6.42 Å². The van der Waals surface area contributed by atoms with Crippen LogP contribution in [0.25, 0.3) is 0 Å². The first kappa shape index (κ1) is 16.9. The second-order valence-electron chi connectivity index (χ2n) is 6.81. The molecule has 0 spiro atoms.